The molecular formula is C15H24N4O2. The van der Waals surface area contributed by atoms with Crippen molar-refractivity contribution in [3.8, 4) is 0 Å². The van der Waals surface area contributed by atoms with Crippen LogP contribution in [0.5, 0.6) is 0 Å². The molecule has 0 bridgehead atoms. The molecule has 0 aliphatic heterocycles. The molecule has 0 aliphatic carbocycles. The first-order valence-corrected chi connectivity index (χ1v) is 7.00. The lowest BCUT2D eigenvalue weighted by Crippen LogP contribution is -2.38. The fourth-order valence-electron chi connectivity index (χ4n) is 1.78. The number of benzene rings is 1. The molecule has 0 aliphatic rings. The van der Waals surface area contributed by atoms with Crippen molar-refractivity contribution in [3.05, 3.63) is 24.3 Å². The van der Waals surface area contributed by atoms with Crippen molar-refractivity contribution < 1.29 is 9.59 Å². The van der Waals surface area contributed by atoms with Gasteiger partial charge in [-0.15, -0.1) is 0 Å². The van der Waals surface area contributed by atoms with Crippen LogP contribution in [0.25, 0.3) is 0 Å². The second kappa shape index (κ2) is 8.26. The van der Waals surface area contributed by atoms with Gasteiger partial charge in [-0.25, -0.2) is 0 Å². The number of nitrogen functional groups attached to an aromatic ring is 1. The average molecular weight is 292 g/mol. The van der Waals surface area contributed by atoms with Crippen molar-refractivity contribution in [2.75, 3.05) is 44.8 Å². The van der Waals surface area contributed by atoms with Crippen molar-refractivity contribution in [2.45, 2.75) is 13.3 Å². The third kappa shape index (κ3) is 6.27. The number of hydrogen-bond acceptors (Lipinski definition) is 4. The number of amides is 2. The van der Waals surface area contributed by atoms with Crippen LogP contribution in [0.4, 0.5) is 11.4 Å². The standard InChI is InChI=1S/C15H24N4O2/c1-4-19(11-15(21)18(2)3)9-8-14(20)17-13-7-5-6-12(16)10-13/h5-7,10H,4,8-9,11,16H2,1-3H3,(H,17,20). The fourth-order valence-corrected chi connectivity index (χ4v) is 1.78. The van der Waals surface area contributed by atoms with Gasteiger partial charge in [-0.2, -0.15) is 0 Å². The highest BCUT2D eigenvalue weighted by atomic mass is 16.2. The Morgan fingerprint density at radius 2 is 2.00 bits per heavy atom. The van der Waals surface area contributed by atoms with Crippen molar-refractivity contribution in [3.63, 3.8) is 0 Å². The lowest BCUT2D eigenvalue weighted by atomic mass is 10.2. The maximum absolute atomic E-state index is 11.9. The van der Waals surface area contributed by atoms with Gasteiger partial charge in [0.05, 0.1) is 6.54 Å². The van der Waals surface area contributed by atoms with E-state index in [2.05, 4.69) is 5.32 Å². The molecule has 3 N–H and O–H groups in total. The molecule has 1 rings (SSSR count). The van der Waals surface area contributed by atoms with Crippen LogP contribution in [0.2, 0.25) is 0 Å². The quantitative estimate of drug-likeness (QED) is 0.735. The summed E-state index contributed by atoms with van der Waals surface area (Å²) >= 11 is 0. The number of nitrogens with one attached hydrogen (secondary N) is 1. The molecular weight excluding hydrogens is 268 g/mol. The van der Waals surface area contributed by atoms with E-state index in [0.29, 0.717) is 30.9 Å². The smallest absolute Gasteiger partial charge is 0.236 e. The van der Waals surface area contributed by atoms with E-state index in [4.69, 9.17) is 5.73 Å². The molecule has 116 valence electrons. The Kier molecular flexibility index (Phi) is 6.68. The minimum absolute atomic E-state index is 0.0353. The molecule has 0 saturated carbocycles. The predicted octanol–water partition coefficient (Wildman–Crippen LogP) is 1.01. The van der Waals surface area contributed by atoms with Crippen LogP contribution >= 0.6 is 0 Å². The van der Waals surface area contributed by atoms with Crippen LogP contribution < -0.4 is 11.1 Å². The zero-order chi connectivity index (χ0) is 15.8. The highest BCUT2D eigenvalue weighted by Gasteiger charge is 2.12. The summed E-state index contributed by atoms with van der Waals surface area (Å²) in [7, 11) is 3.45. The van der Waals surface area contributed by atoms with E-state index in [0.717, 1.165) is 6.54 Å². The third-order valence-electron chi connectivity index (χ3n) is 3.13. The number of carbonyl (C=O) groups is 2. The topological polar surface area (TPSA) is 78.7 Å². The molecule has 1 aromatic rings. The van der Waals surface area contributed by atoms with Gasteiger partial charge in [0.15, 0.2) is 0 Å². The summed E-state index contributed by atoms with van der Waals surface area (Å²) in [4.78, 5) is 27.0. The highest BCUT2D eigenvalue weighted by molar-refractivity contribution is 5.91. The summed E-state index contributed by atoms with van der Waals surface area (Å²) in [5.41, 5.74) is 6.96. The maximum atomic E-state index is 11.9. The lowest BCUT2D eigenvalue weighted by Gasteiger charge is -2.21. The Balaban J connectivity index is 2.42. The fraction of sp³-hybridized carbons (Fsp3) is 0.467. The summed E-state index contributed by atoms with van der Waals surface area (Å²) in [6, 6.07) is 7.06. The van der Waals surface area contributed by atoms with Gasteiger partial charge in [-0.3, -0.25) is 14.5 Å². The Morgan fingerprint density at radius 1 is 1.29 bits per heavy atom. The van der Waals surface area contributed by atoms with Gasteiger partial charge in [0.1, 0.15) is 0 Å². The molecule has 0 unspecified atom stereocenters. The lowest BCUT2D eigenvalue weighted by molar-refractivity contribution is -0.130. The van der Waals surface area contributed by atoms with Gasteiger partial charge in [-0.1, -0.05) is 13.0 Å². The van der Waals surface area contributed by atoms with Crippen LogP contribution in [0, 0.1) is 0 Å². The molecule has 21 heavy (non-hydrogen) atoms. The summed E-state index contributed by atoms with van der Waals surface area (Å²) in [6.07, 6.45) is 0.337. The Hall–Kier alpha value is -2.08. The van der Waals surface area contributed by atoms with Gasteiger partial charge >= 0.3 is 0 Å². The van der Waals surface area contributed by atoms with Crippen molar-refractivity contribution in [1.82, 2.24) is 9.80 Å². The molecule has 6 nitrogen and oxygen atoms in total. The minimum Gasteiger partial charge on any atom is -0.399 e. The largest absolute Gasteiger partial charge is 0.399 e. The van der Waals surface area contributed by atoms with Crippen LogP contribution in [-0.4, -0.2) is 55.3 Å². The molecule has 0 fully saturated rings. The first-order chi connectivity index (χ1) is 9.92. The first-order valence-electron chi connectivity index (χ1n) is 7.00. The van der Waals surface area contributed by atoms with E-state index in [1.165, 1.54) is 0 Å². The van der Waals surface area contributed by atoms with Gasteiger partial charge < -0.3 is 16.0 Å². The Labute approximate surface area is 125 Å². The number of anilines is 2. The second-order valence-corrected chi connectivity index (χ2v) is 5.08. The molecule has 0 spiro atoms. The molecule has 0 atom stereocenters. The summed E-state index contributed by atoms with van der Waals surface area (Å²) in [5.74, 6) is -0.0514. The third-order valence-corrected chi connectivity index (χ3v) is 3.13. The molecule has 0 saturated heterocycles. The summed E-state index contributed by atoms with van der Waals surface area (Å²) in [6.45, 7) is 3.57. The van der Waals surface area contributed by atoms with E-state index in [9.17, 15) is 9.59 Å². The molecule has 0 aromatic heterocycles. The van der Waals surface area contributed by atoms with Gasteiger partial charge in [0, 0.05) is 38.4 Å². The number of hydrogen-bond donors (Lipinski definition) is 2. The SMILES string of the molecule is CCN(CCC(=O)Nc1cccc(N)c1)CC(=O)N(C)C. The second-order valence-electron chi connectivity index (χ2n) is 5.08. The van der Waals surface area contributed by atoms with Crippen molar-refractivity contribution in [1.29, 1.82) is 0 Å². The summed E-state index contributed by atoms with van der Waals surface area (Å²) < 4.78 is 0. The van der Waals surface area contributed by atoms with E-state index < -0.39 is 0 Å². The Morgan fingerprint density at radius 3 is 2.57 bits per heavy atom. The first kappa shape index (κ1) is 17.0. The summed E-state index contributed by atoms with van der Waals surface area (Å²) in [5, 5.41) is 2.80. The normalized spacial score (nSPS) is 10.5. The van der Waals surface area contributed by atoms with Crippen molar-refractivity contribution in [2.24, 2.45) is 0 Å². The van der Waals surface area contributed by atoms with Gasteiger partial charge in [0.2, 0.25) is 11.8 Å². The monoisotopic (exact) mass is 292 g/mol. The molecule has 0 radical (unpaired) electrons. The zero-order valence-electron chi connectivity index (χ0n) is 12.9. The molecule has 6 heteroatoms. The number of carbonyl (C=O) groups excluding carboxylic acids is 2. The average Bonchev–Trinajstić information content (AvgIpc) is 2.43. The molecule has 0 heterocycles. The van der Waals surface area contributed by atoms with E-state index >= 15 is 0 Å². The van der Waals surface area contributed by atoms with Crippen LogP contribution in [0.1, 0.15) is 13.3 Å². The van der Waals surface area contributed by atoms with Crippen LogP contribution in [0.15, 0.2) is 24.3 Å². The van der Waals surface area contributed by atoms with Gasteiger partial charge in [0.25, 0.3) is 0 Å². The molecule has 2 amide bonds. The number of nitrogens with zero attached hydrogens (tertiary/aromatic N) is 2. The zero-order valence-corrected chi connectivity index (χ0v) is 12.9. The Bertz CT molecular complexity index is 488. The highest BCUT2D eigenvalue weighted by Crippen LogP contribution is 2.11. The molecule has 1 aromatic carbocycles. The van der Waals surface area contributed by atoms with Gasteiger partial charge in [-0.05, 0) is 24.7 Å². The maximum Gasteiger partial charge on any atom is 0.236 e. The number of likely N-dealkylation sites (N-methyl/N-ethyl adjacent to an activating group) is 2. The van der Waals surface area contributed by atoms with Crippen LogP contribution in [0.3, 0.4) is 0 Å². The van der Waals surface area contributed by atoms with Crippen LogP contribution in [-0.2, 0) is 9.59 Å². The van der Waals surface area contributed by atoms with E-state index in [-0.39, 0.29) is 11.8 Å². The predicted molar refractivity (Wildman–Crippen MR) is 84.9 cm³/mol. The number of rotatable bonds is 7. The van der Waals surface area contributed by atoms with Crippen molar-refractivity contribution >= 4 is 23.2 Å². The van der Waals surface area contributed by atoms with E-state index in [1.54, 1.807) is 43.3 Å². The number of nitrogens with two attached hydrogens (primary N) is 1. The minimum atomic E-state index is -0.0867. The van der Waals surface area contributed by atoms with E-state index in [1.807, 2.05) is 11.8 Å².